The van der Waals surface area contributed by atoms with Gasteiger partial charge in [0, 0.05) is 19.4 Å². The monoisotopic (exact) mass is 179 g/mol. The van der Waals surface area contributed by atoms with E-state index in [4.69, 9.17) is 0 Å². The second kappa shape index (κ2) is 8.02. The van der Waals surface area contributed by atoms with E-state index in [2.05, 4.69) is 0 Å². The lowest BCUT2D eigenvalue weighted by Gasteiger charge is -2.07. The number of hydrogen-bond acceptors (Lipinski definition) is 2. The lowest BCUT2D eigenvalue weighted by molar-refractivity contribution is -0.119. The fourth-order valence-electron chi connectivity index (χ4n) is 0.752. The van der Waals surface area contributed by atoms with Gasteiger partial charge in [0.25, 0.3) is 0 Å². The third-order valence-electron chi connectivity index (χ3n) is 1.37. The number of rotatable bonds is 5. The van der Waals surface area contributed by atoms with Gasteiger partial charge >= 0.3 is 0 Å². The second-order valence-corrected chi connectivity index (χ2v) is 2.84. The quantitative estimate of drug-likeness (QED) is 0.641. The molecular formula is C8H18ClNO. The van der Waals surface area contributed by atoms with Gasteiger partial charge in [0.1, 0.15) is 5.78 Å². The molecule has 0 saturated carbocycles. The number of carbonyl (C=O) groups excluding carboxylic acids is 1. The van der Waals surface area contributed by atoms with Gasteiger partial charge < -0.3 is 4.90 Å². The molecule has 11 heavy (non-hydrogen) atoms. The van der Waals surface area contributed by atoms with Crippen molar-refractivity contribution in [2.75, 3.05) is 20.6 Å². The van der Waals surface area contributed by atoms with Crippen LogP contribution >= 0.6 is 12.4 Å². The largest absolute Gasteiger partial charge is 0.309 e. The zero-order valence-electron chi connectivity index (χ0n) is 7.59. The van der Waals surface area contributed by atoms with E-state index < -0.39 is 0 Å². The molecule has 0 unspecified atom stereocenters. The summed E-state index contributed by atoms with van der Waals surface area (Å²) in [4.78, 5) is 13.0. The van der Waals surface area contributed by atoms with Crippen molar-refractivity contribution in [2.24, 2.45) is 0 Å². The number of hydrogen-bond donors (Lipinski definition) is 0. The van der Waals surface area contributed by atoms with Crippen LogP contribution in [0.15, 0.2) is 0 Å². The third kappa shape index (κ3) is 9.92. The van der Waals surface area contributed by atoms with Gasteiger partial charge in [-0.3, -0.25) is 4.79 Å². The second-order valence-electron chi connectivity index (χ2n) is 2.84. The number of Topliss-reactive ketones (excluding diaryl/α,β-unsaturated/α-hetero) is 1. The summed E-state index contributed by atoms with van der Waals surface area (Å²) in [5.41, 5.74) is 0. The zero-order chi connectivity index (χ0) is 7.98. The Morgan fingerprint density at radius 3 is 2.18 bits per heavy atom. The Hall–Kier alpha value is -0.0800. The highest BCUT2D eigenvalue weighted by molar-refractivity contribution is 5.85. The predicted octanol–water partition coefficient (Wildman–Crippen LogP) is 1.73. The van der Waals surface area contributed by atoms with Gasteiger partial charge in [-0.15, -0.1) is 12.4 Å². The van der Waals surface area contributed by atoms with Gasteiger partial charge in [0.2, 0.25) is 0 Å². The summed E-state index contributed by atoms with van der Waals surface area (Å²) in [6, 6.07) is 0. The SMILES string of the molecule is CCCC(=O)CCN(C)C.Cl. The molecule has 0 aliphatic carbocycles. The van der Waals surface area contributed by atoms with Crippen LogP contribution in [-0.2, 0) is 4.79 Å². The van der Waals surface area contributed by atoms with E-state index in [0.717, 1.165) is 19.4 Å². The van der Waals surface area contributed by atoms with E-state index >= 15 is 0 Å². The van der Waals surface area contributed by atoms with Crippen LogP contribution < -0.4 is 0 Å². The number of nitrogens with zero attached hydrogens (tertiary/aromatic N) is 1. The first-order valence-electron chi connectivity index (χ1n) is 3.83. The minimum Gasteiger partial charge on any atom is -0.309 e. The maximum atomic E-state index is 10.9. The van der Waals surface area contributed by atoms with Crippen molar-refractivity contribution in [3.63, 3.8) is 0 Å². The Bertz CT molecular complexity index is 104. The van der Waals surface area contributed by atoms with Crippen molar-refractivity contribution in [3.8, 4) is 0 Å². The molecule has 0 bridgehead atoms. The molecule has 0 N–H and O–H groups in total. The average Bonchev–Trinajstić information content (AvgIpc) is 1.85. The highest BCUT2D eigenvalue weighted by Gasteiger charge is 1.99. The molecule has 0 atom stereocenters. The Morgan fingerprint density at radius 1 is 1.27 bits per heavy atom. The van der Waals surface area contributed by atoms with E-state index in [1.54, 1.807) is 0 Å². The van der Waals surface area contributed by atoms with Gasteiger partial charge in [0.05, 0.1) is 0 Å². The molecule has 0 aromatic heterocycles. The number of carbonyl (C=O) groups is 1. The maximum absolute atomic E-state index is 10.9. The highest BCUT2D eigenvalue weighted by atomic mass is 35.5. The lowest BCUT2D eigenvalue weighted by atomic mass is 10.2. The molecule has 2 nitrogen and oxygen atoms in total. The van der Waals surface area contributed by atoms with Crippen LogP contribution in [0.25, 0.3) is 0 Å². The number of halogens is 1. The summed E-state index contributed by atoms with van der Waals surface area (Å²) >= 11 is 0. The van der Waals surface area contributed by atoms with Crippen molar-refractivity contribution in [1.82, 2.24) is 4.90 Å². The normalized spacial score (nSPS) is 9.45. The van der Waals surface area contributed by atoms with Crippen LogP contribution in [0.4, 0.5) is 0 Å². The van der Waals surface area contributed by atoms with Crippen molar-refractivity contribution in [2.45, 2.75) is 26.2 Å². The van der Waals surface area contributed by atoms with E-state index in [0.29, 0.717) is 12.2 Å². The fraction of sp³-hybridized carbons (Fsp3) is 0.875. The molecule has 0 fully saturated rings. The van der Waals surface area contributed by atoms with Gasteiger partial charge in [-0.25, -0.2) is 0 Å². The molecule has 68 valence electrons. The van der Waals surface area contributed by atoms with Gasteiger partial charge in [0.15, 0.2) is 0 Å². The smallest absolute Gasteiger partial charge is 0.134 e. The van der Waals surface area contributed by atoms with E-state index in [1.807, 2.05) is 25.9 Å². The van der Waals surface area contributed by atoms with E-state index in [9.17, 15) is 4.79 Å². The minimum absolute atomic E-state index is 0. The van der Waals surface area contributed by atoms with Crippen molar-refractivity contribution >= 4 is 18.2 Å². The van der Waals surface area contributed by atoms with Crippen LogP contribution in [-0.4, -0.2) is 31.3 Å². The summed E-state index contributed by atoms with van der Waals surface area (Å²) in [5.74, 6) is 0.385. The molecule has 0 aromatic carbocycles. The van der Waals surface area contributed by atoms with Gasteiger partial charge in [-0.05, 0) is 20.5 Å². The molecule has 0 rings (SSSR count). The third-order valence-corrected chi connectivity index (χ3v) is 1.37. The molecule has 0 aromatic rings. The van der Waals surface area contributed by atoms with E-state index in [1.165, 1.54) is 0 Å². The average molecular weight is 180 g/mol. The van der Waals surface area contributed by atoms with Crippen molar-refractivity contribution in [3.05, 3.63) is 0 Å². The molecule has 0 aliphatic rings. The molecule has 3 heteroatoms. The fourth-order valence-corrected chi connectivity index (χ4v) is 0.752. The molecule has 0 radical (unpaired) electrons. The lowest BCUT2D eigenvalue weighted by Crippen LogP contribution is -2.16. The van der Waals surface area contributed by atoms with Crippen LogP contribution in [0.2, 0.25) is 0 Å². The predicted molar refractivity (Wildman–Crippen MR) is 50.3 cm³/mol. The Balaban J connectivity index is 0. The summed E-state index contributed by atoms with van der Waals surface area (Å²) in [5, 5.41) is 0. The van der Waals surface area contributed by atoms with Gasteiger partial charge in [-0.1, -0.05) is 6.92 Å². The highest BCUT2D eigenvalue weighted by Crippen LogP contribution is 1.94. The topological polar surface area (TPSA) is 20.3 Å². The van der Waals surface area contributed by atoms with Crippen LogP contribution in [0.3, 0.4) is 0 Å². The molecule has 0 saturated heterocycles. The van der Waals surface area contributed by atoms with Crippen molar-refractivity contribution in [1.29, 1.82) is 0 Å². The van der Waals surface area contributed by atoms with Crippen LogP contribution in [0, 0.1) is 0 Å². The van der Waals surface area contributed by atoms with Gasteiger partial charge in [-0.2, -0.15) is 0 Å². The molecule has 0 spiro atoms. The summed E-state index contributed by atoms with van der Waals surface area (Å²) in [6.07, 6.45) is 2.43. The number of ketones is 1. The molecule has 0 heterocycles. The summed E-state index contributed by atoms with van der Waals surface area (Å²) in [7, 11) is 3.97. The first-order chi connectivity index (χ1) is 4.66. The minimum atomic E-state index is 0. The Labute approximate surface area is 75.4 Å². The Kier molecular flexibility index (Phi) is 9.85. The van der Waals surface area contributed by atoms with E-state index in [-0.39, 0.29) is 12.4 Å². The first kappa shape index (κ1) is 13.5. The van der Waals surface area contributed by atoms with Crippen LogP contribution in [0.1, 0.15) is 26.2 Å². The van der Waals surface area contributed by atoms with Crippen LogP contribution in [0.5, 0.6) is 0 Å². The van der Waals surface area contributed by atoms with Crippen molar-refractivity contribution < 1.29 is 4.79 Å². The molecular weight excluding hydrogens is 162 g/mol. The summed E-state index contributed by atoms with van der Waals surface area (Å²) < 4.78 is 0. The molecule has 0 amide bonds. The molecule has 0 aliphatic heterocycles. The maximum Gasteiger partial charge on any atom is 0.134 e. The zero-order valence-corrected chi connectivity index (χ0v) is 8.41. The summed E-state index contributed by atoms with van der Waals surface area (Å²) in [6.45, 7) is 2.92. The Morgan fingerprint density at radius 2 is 1.82 bits per heavy atom. The first-order valence-corrected chi connectivity index (χ1v) is 3.83. The standard InChI is InChI=1S/C8H17NO.ClH/c1-4-5-8(10)6-7-9(2)3;/h4-7H2,1-3H3;1H.